The second kappa shape index (κ2) is 29.6. The first-order chi connectivity index (χ1) is 57.0. The van der Waals surface area contributed by atoms with E-state index in [9.17, 15) is 0 Å². The Balaban J connectivity index is 1.04. The average molecular weight is 1580 g/mol. The Morgan fingerprint density at radius 1 is 0.215 bits per heavy atom. The number of benzene rings is 14. The minimum atomic E-state index is -0.236. The quantitative estimate of drug-likeness (QED) is 0.120. The lowest BCUT2D eigenvalue weighted by molar-refractivity contribution is 0.590. The van der Waals surface area contributed by atoms with Crippen LogP contribution in [0.1, 0.15) is 211 Å². The Hall–Kier alpha value is -11.7. The van der Waals surface area contributed by atoms with Crippen LogP contribution < -0.4 is 31.1 Å². The fourth-order valence-corrected chi connectivity index (χ4v) is 18.1. The van der Waals surface area contributed by atoms with E-state index in [0.717, 1.165) is 140 Å². The Morgan fingerprint density at radius 3 is 0.793 bits per heavy atom. The lowest BCUT2D eigenvalue weighted by Crippen LogP contribution is -2.61. The van der Waals surface area contributed by atoms with Gasteiger partial charge in [-0.15, -0.1) is 0 Å². The fourth-order valence-electron chi connectivity index (χ4n) is 18.1. The van der Waals surface area contributed by atoms with E-state index < -0.39 is 0 Å². The molecule has 0 fully saturated rings. The monoisotopic (exact) mass is 1580 g/mol. The van der Waals surface area contributed by atoms with E-state index >= 15 is 0 Å². The number of para-hydroxylation sites is 1. The van der Waals surface area contributed by atoms with Gasteiger partial charge in [-0.2, -0.15) is 0 Å². The SMILES string of the molecule is CC(C)(C)c1ccc(-c2cc(-c3ccc(C(C)(C)C)cc3)cc(N(c3cc4c5c(c3)N(c3cc(-c6ccc(C(C)(C)C)cc6)cc(-c6ccc(C(C)(C)C)cc6)c3)c3ccc(C(C)(C)C)cc3B5c3cc(C(C)(C)C)ccc3N4c3cc(-c4ccc(C(C)(C)C)cc4)cc(-c4ccc(C(C)(C)C)cc4)c3)c3ccc4oc5ccccc5c4c3)c2)cc1. The molecule has 0 saturated heterocycles. The molecule has 4 nitrogen and oxygen atoms in total. The van der Waals surface area contributed by atoms with Gasteiger partial charge in [-0.1, -0.05) is 354 Å². The van der Waals surface area contributed by atoms with Crippen molar-refractivity contribution in [2.45, 2.75) is 209 Å². The topological polar surface area (TPSA) is 22.9 Å². The van der Waals surface area contributed by atoms with Crippen molar-refractivity contribution in [1.29, 1.82) is 0 Å². The van der Waals surface area contributed by atoms with Gasteiger partial charge >= 0.3 is 0 Å². The average Bonchev–Trinajstić information content (AvgIpc) is 1.01. The summed E-state index contributed by atoms with van der Waals surface area (Å²) in [6, 6.07) is 114. The van der Waals surface area contributed by atoms with Gasteiger partial charge in [0.2, 0.25) is 0 Å². The molecule has 0 aliphatic carbocycles. The van der Waals surface area contributed by atoms with Crippen LogP contribution in [-0.2, 0) is 43.3 Å². The van der Waals surface area contributed by atoms with Gasteiger partial charge in [-0.25, -0.2) is 0 Å². The predicted molar refractivity (Wildman–Crippen MR) is 525 cm³/mol. The lowest BCUT2D eigenvalue weighted by Gasteiger charge is -2.46. The first kappa shape index (κ1) is 81.7. The van der Waals surface area contributed by atoms with Crippen molar-refractivity contribution in [3.63, 3.8) is 0 Å². The van der Waals surface area contributed by atoms with E-state index in [2.05, 4.69) is 472 Å². The molecular formula is C116H120BN3O. The Morgan fingerprint density at radius 2 is 0.488 bits per heavy atom. The van der Waals surface area contributed by atoms with Crippen LogP contribution >= 0.6 is 0 Å². The summed E-state index contributed by atoms with van der Waals surface area (Å²) < 4.78 is 6.82. The van der Waals surface area contributed by atoms with E-state index in [1.54, 1.807) is 0 Å². The molecule has 0 radical (unpaired) electrons. The molecule has 0 spiro atoms. The molecule has 2 aliphatic heterocycles. The molecule has 2 aliphatic rings. The number of anilines is 9. The molecule has 5 heteroatoms. The summed E-state index contributed by atoms with van der Waals surface area (Å²) in [6.45, 7) is 55.6. The molecule has 14 aromatic carbocycles. The summed E-state index contributed by atoms with van der Waals surface area (Å²) in [4.78, 5) is 7.92. The van der Waals surface area contributed by atoms with Gasteiger partial charge in [-0.3, -0.25) is 0 Å². The Bertz CT molecular complexity index is 5990. The highest BCUT2D eigenvalue weighted by Gasteiger charge is 2.46. The van der Waals surface area contributed by atoms with Crippen LogP contribution in [0.15, 0.2) is 296 Å². The molecule has 0 bridgehead atoms. The maximum atomic E-state index is 6.82. The second-order valence-corrected chi connectivity index (χ2v) is 42.9. The normalized spacial score (nSPS) is 13.4. The number of fused-ring (bicyclic) bond motifs is 7. The first-order valence-corrected chi connectivity index (χ1v) is 43.9. The third-order valence-electron chi connectivity index (χ3n) is 25.7. The molecular weight excluding hydrogens is 1460 g/mol. The largest absolute Gasteiger partial charge is 0.456 e. The van der Waals surface area contributed by atoms with E-state index in [1.165, 1.54) is 60.9 Å². The molecule has 608 valence electrons. The van der Waals surface area contributed by atoms with E-state index in [1.807, 2.05) is 0 Å². The summed E-state index contributed by atoms with van der Waals surface area (Å²) in [5.41, 5.74) is 38.6. The van der Waals surface area contributed by atoms with Crippen molar-refractivity contribution in [3.05, 3.63) is 336 Å². The predicted octanol–water partition coefficient (Wildman–Crippen LogP) is 31.5. The molecule has 17 rings (SSSR count). The summed E-state index contributed by atoms with van der Waals surface area (Å²) in [5.74, 6) is 0. The third kappa shape index (κ3) is 15.8. The zero-order chi connectivity index (χ0) is 85.7. The van der Waals surface area contributed by atoms with Crippen molar-refractivity contribution in [2.75, 3.05) is 14.7 Å². The third-order valence-corrected chi connectivity index (χ3v) is 25.7. The summed E-state index contributed by atoms with van der Waals surface area (Å²) in [6.07, 6.45) is 0. The summed E-state index contributed by atoms with van der Waals surface area (Å²) in [7, 11) is 0. The molecule has 0 atom stereocenters. The van der Waals surface area contributed by atoms with E-state index in [4.69, 9.17) is 4.42 Å². The molecule has 3 heterocycles. The van der Waals surface area contributed by atoms with Gasteiger partial charge in [0.25, 0.3) is 6.71 Å². The van der Waals surface area contributed by atoms with Crippen LogP contribution in [0.5, 0.6) is 0 Å². The van der Waals surface area contributed by atoms with Crippen molar-refractivity contribution in [2.24, 2.45) is 0 Å². The van der Waals surface area contributed by atoms with Gasteiger partial charge in [0.15, 0.2) is 0 Å². The van der Waals surface area contributed by atoms with Crippen LogP contribution in [-0.4, -0.2) is 6.71 Å². The van der Waals surface area contributed by atoms with E-state index in [-0.39, 0.29) is 50.0 Å². The van der Waals surface area contributed by atoms with Crippen LogP contribution in [0.25, 0.3) is 88.7 Å². The van der Waals surface area contributed by atoms with Gasteiger partial charge in [-0.05, 0) is 274 Å². The Kier molecular flexibility index (Phi) is 20.0. The maximum absolute atomic E-state index is 6.82. The highest BCUT2D eigenvalue weighted by molar-refractivity contribution is 7.00. The highest BCUT2D eigenvalue weighted by atomic mass is 16.3. The minimum absolute atomic E-state index is 0.0346. The van der Waals surface area contributed by atoms with Gasteiger partial charge in [0, 0.05) is 56.3 Å². The first-order valence-electron chi connectivity index (χ1n) is 43.9. The number of hydrogen-bond acceptors (Lipinski definition) is 4. The molecule has 0 unspecified atom stereocenters. The molecule has 121 heavy (non-hydrogen) atoms. The molecule has 0 amide bonds. The summed E-state index contributed by atoms with van der Waals surface area (Å²) in [5, 5.41) is 2.11. The van der Waals surface area contributed by atoms with Crippen LogP contribution in [0, 0.1) is 0 Å². The van der Waals surface area contributed by atoms with Crippen LogP contribution in [0.3, 0.4) is 0 Å². The standard InChI is InChI=1S/C116H120BN3O/c1-109(2,3)85-41-29-73(30-42-85)79-59-80(74-31-43-86(44-32-74)110(4,5)6)63-94(62-79)118(93-55-58-107-99(70-93)98-27-25-26-28-106(98)121-107)97-71-104-108-105(72-97)120(96-66-83(77-37-49-89(50-38-77)113(13,14)15)61-84(67-96)78-39-51-90(52-40-78)114(16,17)18)103-57-54-92(116(22,23)24)69-101(103)117(108)100-68-91(115(19,20)21)53-56-102(100)119(104)95-64-81(75-33-45-87(46-34-75)111(7,8)9)60-82(65-95)76-35-47-88(48-36-76)112(10,11)12/h25-72H,1-24H3. The van der Waals surface area contributed by atoms with Crippen molar-refractivity contribution >= 4 is 96.2 Å². The maximum Gasteiger partial charge on any atom is 0.252 e. The zero-order valence-electron chi connectivity index (χ0n) is 76.0. The van der Waals surface area contributed by atoms with Crippen molar-refractivity contribution in [3.8, 4) is 66.8 Å². The van der Waals surface area contributed by atoms with E-state index in [0.29, 0.717) is 0 Å². The van der Waals surface area contributed by atoms with Crippen LogP contribution in [0.4, 0.5) is 51.2 Å². The number of furan rings is 1. The number of hydrogen-bond donors (Lipinski definition) is 0. The summed E-state index contributed by atoms with van der Waals surface area (Å²) >= 11 is 0. The van der Waals surface area contributed by atoms with Gasteiger partial charge < -0.3 is 19.1 Å². The smallest absolute Gasteiger partial charge is 0.252 e. The van der Waals surface area contributed by atoms with Gasteiger partial charge in [0.05, 0.1) is 5.69 Å². The molecule has 15 aromatic rings. The Labute approximate surface area is 722 Å². The van der Waals surface area contributed by atoms with Crippen molar-refractivity contribution in [1.82, 2.24) is 0 Å². The number of rotatable bonds is 11. The molecule has 0 N–H and O–H groups in total. The molecule has 0 saturated carbocycles. The fraction of sp³-hybridized carbons (Fsp3) is 0.276. The van der Waals surface area contributed by atoms with Crippen molar-refractivity contribution < 1.29 is 4.42 Å². The highest BCUT2D eigenvalue weighted by Crippen LogP contribution is 2.53. The lowest BCUT2D eigenvalue weighted by atomic mass is 9.33. The molecule has 1 aromatic heterocycles. The zero-order valence-corrected chi connectivity index (χ0v) is 76.0. The number of nitrogens with zero attached hydrogens (tertiary/aromatic N) is 3. The second-order valence-electron chi connectivity index (χ2n) is 42.9. The van der Waals surface area contributed by atoms with Gasteiger partial charge in [0.1, 0.15) is 11.2 Å². The van der Waals surface area contributed by atoms with Crippen LogP contribution in [0.2, 0.25) is 0 Å². The minimum Gasteiger partial charge on any atom is -0.456 e.